The summed E-state index contributed by atoms with van der Waals surface area (Å²) in [6.45, 7) is 0. The summed E-state index contributed by atoms with van der Waals surface area (Å²) in [7, 11) is 3.97. The monoisotopic (exact) mass is 336 g/mol. The summed E-state index contributed by atoms with van der Waals surface area (Å²) in [5, 5.41) is 5.19. The molecule has 1 unspecified atom stereocenters. The second kappa shape index (κ2) is 7.32. The first-order chi connectivity index (χ1) is 11.6. The summed E-state index contributed by atoms with van der Waals surface area (Å²) in [5.74, 6) is -0.0671. The van der Waals surface area contributed by atoms with Gasteiger partial charge in [-0.05, 0) is 41.3 Å². The van der Waals surface area contributed by atoms with E-state index < -0.39 is 0 Å². The van der Waals surface area contributed by atoms with E-state index in [0.717, 1.165) is 16.1 Å². The molecule has 3 nitrogen and oxygen atoms in total. The van der Waals surface area contributed by atoms with Crippen molar-refractivity contribution in [1.29, 1.82) is 0 Å². The Hall–Kier alpha value is -2.59. The fourth-order valence-corrected chi connectivity index (χ4v) is 3.35. The van der Waals surface area contributed by atoms with Gasteiger partial charge in [0.1, 0.15) is 0 Å². The minimum absolute atomic E-state index is 0.0671. The number of anilines is 1. The molecule has 0 saturated carbocycles. The van der Waals surface area contributed by atoms with E-state index in [1.165, 1.54) is 0 Å². The summed E-state index contributed by atoms with van der Waals surface area (Å²) in [5.41, 5.74) is 2.82. The van der Waals surface area contributed by atoms with Crippen LogP contribution in [-0.4, -0.2) is 20.0 Å². The second-order valence-electron chi connectivity index (χ2n) is 5.77. The maximum absolute atomic E-state index is 12.7. The highest BCUT2D eigenvalue weighted by Crippen LogP contribution is 2.26. The molecule has 1 amide bonds. The van der Waals surface area contributed by atoms with Gasteiger partial charge in [-0.1, -0.05) is 36.4 Å². The number of nitrogens with one attached hydrogen (secondary N) is 1. The molecular weight excluding hydrogens is 316 g/mol. The van der Waals surface area contributed by atoms with Crippen molar-refractivity contribution in [1.82, 2.24) is 5.32 Å². The number of carbonyl (C=O) groups is 1. The van der Waals surface area contributed by atoms with Gasteiger partial charge in [0, 0.05) is 30.2 Å². The third kappa shape index (κ3) is 3.66. The van der Waals surface area contributed by atoms with Crippen LogP contribution in [0.15, 0.2) is 72.1 Å². The van der Waals surface area contributed by atoms with Crippen molar-refractivity contribution in [3.8, 4) is 0 Å². The van der Waals surface area contributed by atoms with Crippen molar-refractivity contribution in [2.24, 2.45) is 0 Å². The van der Waals surface area contributed by atoms with Crippen molar-refractivity contribution in [2.45, 2.75) is 6.04 Å². The van der Waals surface area contributed by atoms with Gasteiger partial charge in [-0.3, -0.25) is 4.79 Å². The zero-order valence-electron chi connectivity index (χ0n) is 13.8. The van der Waals surface area contributed by atoms with Crippen LogP contribution in [0.1, 0.15) is 26.8 Å². The number of thiophene rings is 1. The molecule has 122 valence electrons. The molecule has 3 aromatic rings. The van der Waals surface area contributed by atoms with Crippen LogP contribution in [-0.2, 0) is 0 Å². The van der Waals surface area contributed by atoms with Crippen LogP contribution in [0.25, 0.3) is 0 Å². The van der Waals surface area contributed by atoms with Gasteiger partial charge in [-0.2, -0.15) is 0 Å². The molecule has 0 spiro atoms. The number of amides is 1. The lowest BCUT2D eigenvalue weighted by Crippen LogP contribution is -2.28. The minimum atomic E-state index is -0.132. The van der Waals surface area contributed by atoms with Gasteiger partial charge in [-0.15, -0.1) is 11.3 Å². The molecule has 3 rings (SSSR count). The SMILES string of the molecule is CN(C)c1ccc(C(=O)NC(c2ccccc2)c2cccs2)cc1. The molecule has 1 aromatic heterocycles. The van der Waals surface area contributed by atoms with Gasteiger partial charge in [0.25, 0.3) is 5.91 Å². The van der Waals surface area contributed by atoms with Crippen LogP contribution in [0.2, 0.25) is 0 Å². The number of nitrogens with zero attached hydrogens (tertiary/aromatic N) is 1. The summed E-state index contributed by atoms with van der Waals surface area (Å²) in [6.07, 6.45) is 0. The molecule has 0 aliphatic heterocycles. The maximum Gasteiger partial charge on any atom is 0.252 e. The summed E-state index contributed by atoms with van der Waals surface area (Å²) in [4.78, 5) is 15.8. The first-order valence-corrected chi connectivity index (χ1v) is 8.70. The van der Waals surface area contributed by atoms with Gasteiger partial charge in [0.15, 0.2) is 0 Å². The fourth-order valence-electron chi connectivity index (χ4n) is 2.55. The molecule has 0 aliphatic carbocycles. The van der Waals surface area contributed by atoms with Crippen LogP contribution in [0.3, 0.4) is 0 Å². The number of rotatable bonds is 5. The zero-order valence-corrected chi connectivity index (χ0v) is 14.6. The van der Waals surface area contributed by atoms with E-state index in [9.17, 15) is 4.79 Å². The number of hydrogen-bond donors (Lipinski definition) is 1. The highest BCUT2D eigenvalue weighted by atomic mass is 32.1. The van der Waals surface area contributed by atoms with Crippen molar-refractivity contribution in [3.05, 3.63) is 88.1 Å². The Bertz CT molecular complexity index is 780. The summed E-state index contributed by atoms with van der Waals surface area (Å²) < 4.78 is 0. The molecule has 2 aromatic carbocycles. The van der Waals surface area contributed by atoms with Gasteiger partial charge in [-0.25, -0.2) is 0 Å². The van der Waals surface area contributed by atoms with Crippen molar-refractivity contribution in [3.63, 3.8) is 0 Å². The first kappa shape index (κ1) is 16.3. The van der Waals surface area contributed by atoms with Crippen LogP contribution in [0.4, 0.5) is 5.69 Å². The molecule has 0 aliphatic rings. The fraction of sp³-hybridized carbons (Fsp3) is 0.150. The quantitative estimate of drug-likeness (QED) is 0.752. The van der Waals surface area contributed by atoms with E-state index in [1.807, 2.05) is 85.0 Å². The lowest BCUT2D eigenvalue weighted by atomic mass is 10.0. The van der Waals surface area contributed by atoms with Crippen LogP contribution < -0.4 is 10.2 Å². The smallest absolute Gasteiger partial charge is 0.252 e. The molecule has 1 heterocycles. The molecule has 1 atom stereocenters. The average Bonchev–Trinajstić information content (AvgIpc) is 3.14. The van der Waals surface area contributed by atoms with Crippen LogP contribution in [0, 0.1) is 0 Å². The topological polar surface area (TPSA) is 32.3 Å². The molecular formula is C20H20N2OS. The van der Waals surface area contributed by atoms with Gasteiger partial charge >= 0.3 is 0 Å². The molecule has 0 fully saturated rings. The largest absolute Gasteiger partial charge is 0.378 e. The van der Waals surface area contributed by atoms with Crippen molar-refractivity contribution < 1.29 is 4.79 Å². The van der Waals surface area contributed by atoms with E-state index in [-0.39, 0.29) is 11.9 Å². The second-order valence-corrected chi connectivity index (χ2v) is 6.75. The highest BCUT2D eigenvalue weighted by Gasteiger charge is 2.18. The third-order valence-electron chi connectivity index (χ3n) is 3.88. The van der Waals surface area contributed by atoms with Gasteiger partial charge in [0.2, 0.25) is 0 Å². The summed E-state index contributed by atoms with van der Waals surface area (Å²) in [6, 6.07) is 21.6. The number of benzene rings is 2. The summed E-state index contributed by atoms with van der Waals surface area (Å²) >= 11 is 1.65. The highest BCUT2D eigenvalue weighted by molar-refractivity contribution is 7.10. The average molecular weight is 336 g/mol. The predicted octanol–water partition coefficient (Wildman–Crippen LogP) is 4.33. The third-order valence-corrected chi connectivity index (χ3v) is 4.82. The number of carbonyl (C=O) groups excluding carboxylic acids is 1. The van der Waals surface area contributed by atoms with Gasteiger partial charge < -0.3 is 10.2 Å². The van der Waals surface area contributed by atoms with E-state index in [1.54, 1.807) is 11.3 Å². The van der Waals surface area contributed by atoms with E-state index in [0.29, 0.717) is 5.56 Å². The molecule has 1 N–H and O–H groups in total. The van der Waals surface area contributed by atoms with Crippen LogP contribution in [0.5, 0.6) is 0 Å². The predicted molar refractivity (Wildman–Crippen MR) is 101 cm³/mol. The Labute approximate surface area is 146 Å². The van der Waals surface area contributed by atoms with Gasteiger partial charge in [0.05, 0.1) is 6.04 Å². The molecule has 0 radical (unpaired) electrons. The Kier molecular flexibility index (Phi) is 4.96. The Morgan fingerprint density at radius 3 is 2.25 bits per heavy atom. The Morgan fingerprint density at radius 1 is 0.958 bits per heavy atom. The van der Waals surface area contributed by atoms with E-state index in [4.69, 9.17) is 0 Å². The number of hydrogen-bond acceptors (Lipinski definition) is 3. The molecule has 4 heteroatoms. The lowest BCUT2D eigenvalue weighted by molar-refractivity contribution is 0.0943. The maximum atomic E-state index is 12.7. The van der Waals surface area contributed by atoms with Crippen molar-refractivity contribution in [2.75, 3.05) is 19.0 Å². The lowest BCUT2D eigenvalue weighted by Gasteiger charge is -2.18. The zero-order chi connectivity index (χ0) is 16.9. The minimum Gasteiger partial charge on any atom is -0.378 e. The Morgan fingerprint density at radius 2 is 1.67 bits per heavy atom. The normalized spacial score (nSPS) is 11.8. The molecule has 24 heavy (non-hydrogen) atoms. The van der Waals surface area contributed by atoms with E-state index in [2.05, 4.69) is 11.4 Å². The van der Waals surface area contributed by atoms with E-state index >= 15 is 0 Å². The molecule has 0 saturated heterocycles. The Balaban J connectivity index is 1.83. The first-order valence-electron chi connectivity index (χ1n) is 7.82. The molecule has 0 bridgehead atoms. The standard InChI is InChI=1S/C20H20N2OS/c1-22(2)17-12-10-16(11-13-17)20(23)21-19(18-9-6-14-24-18)15-7-4-3-5-8-15/h3-14,19H,1-2H3,(H,21,23). The van der Waals surface area contributed by atoms with Crippen molar-refractivity contribution >= 4 is 22.9 Å². The van der Waals surface area contributed by atoms with Crippen LogP contribution >= 0.6 is 11.3 Å².